The van der Waals surface area contributed by atoms with E-state index in [2.05, 4.69) is 0 Å². The number of benzene rings is 1. The monoisotopic (exact) mass is 427 g/mol. The molecule has 0 spiro atoms. The Balaban J connectivity index is 1.53. The van der Waals surface area contributed by atoms with Crippen LogP contribution in [0.15, 0.2) is 48.7 Å². The summed E-state index contributed by atoms with van der Waals surface area (Å²) in [5.41, 5.74) is 0.167. The van der Waals surface area contributed by atoms with Gasteiger partial charge in [0.25, 0.3) is 5.91 Å². The lowest BCUT2D eigenvalue weighted by molar-refractivity contribution is 0.0186. The third-order valence-corrected chi connectivity index (χ3v) is 5.29. The number of carbonyl (C=O) groups is 2. The summed E-state index contributed by atoms with van der Waals surface area (Å²) in [5.74, 6) is 0.764. The first kappa shape index (κ1) is 22.7. The van der Waals surface area contributed by atoms with Crippen LogP contribution in [0.3, 0.4) is 0 Å². The van der Waals surface area contributed by atoms with Crippen molar-refractivity contribution >= 4 is 12.0 Å². The van der Waals surface area contributed by atoms with Crippen LogP contribution in [-0.2, 0) is 4.74 Å². The van der Waals surface area contributed by atoms with Crippen LogP contribution >= 0.6 is 0 Å². The van der Waals surface area contributed by atoms with Gasteiger partial charge in [-0.3, -0.25) is 4.79 Å². The highest BCUT2D eigenvalue weighted by atomic mass is 16.6. The van der Waals surface area contributed by atoms with E-state index >= 15 is 0 Å². The first-order chi connectivity index (χ1) is 14.7. The average Bonchev–Trinajstić information content (AvgIpc) is 3.22. The van der Waals surface area contributed by atoms with Gasteiger partial charge in [-0.05, 0) is 57.9 Å². The molecule has 0 bridgehead atoms. The maximum absolute atomic E-state index is 13.0. The van der Waals surface area contributed by atoms with Gasteiger partial charge in [0.1, 0.15) is 23.7 Å². The summed E-state index contributed by atoms with van der Waals surface area (Å²) < 4.78 is 13.2. The maximum atomic E-state index is 13.0. The number of para-hydroxylation sites is 1. The molecule has 0 N–H and O–H groups in total. The number of carbonyl (C=O) groups excluding carboxylic acids is 2. The van der Waals surface area contributed by atoms with Crippen LogP contribution < -0.4 is 4.74 Å². The fraction of sp³-hybridized carbons (Fsp3) is 0.500. The van der Waals surface area contributed by atoms with Crippen LogP contribution in [0.5, 0.6) is 5.75 Å². The van der Waals surface area contributed by atoms with Gasteiger partial charge in [0.2, 0.25) is 0 Å². The Morgan fingerprint density at radius 2 is 1.74 bits per heavy atom. The molecule has 2 aromatic rings. The summed E-state index contributed by atoms with van der Waals surface area (Å²) in [6.45, 7) is 7.78. The average molecular weight is 428 g/mol. The van der Waals surface area contributed by atoms with E-state index in [-0.39, 0.29) is 18.0 Å². The second-order valence-corrected chi connectivity index (χ2v) is 8.89. The van der Waals surface area contributed by atoms with Gasteiger partial charge in [-0.2, -0.15) is 0 Å². The van der Waals surface area contributed by atoms with Gasteiger partial charge >= 0.3 is 6.09 Å². The van der Waals surface area contributed by atoms with Crippen molar-refractivity contribution in [1.29, 1.82) is 0 Å². The molecular formula is C24H33N3O4. The first-order valence-corrected chi connectivity index (χ1v) is 10.8. The van der Waals surface area contributed by atoms with Crippen LogP contribution in [0.1, 0.15) is 50.1 Å². The third-order valence-electron chi connectivity index (χ3n) is 5.29. The van der Waals surface area contributed by atoms with Crippen molar-refractivity contribution < 1.29 is 19.1 Å². The SMILES string of the molecule is CN(CCOc1ccccc1)C(=O)c1cccn1C1CCN(C(=O)OC(C)(C)C)CC1. The Hall–Kier alpha value is -2.96. The zero-order valence-electron chi connectivity index (χ0n) is 18.9. The molecule has 7 heteroatoms. The van der Waals surface area contributed by atoms with Gasteiger partial charge in [0, 0.05) is 32.4 Å². The summed E-state index contributed by atoms with van der Waals surface area (Å²) in [6.07, 6.45) is 3.26. The number of amides is 2. The molecule has 0 unspecified atom stereocenters. The number of piperidine rings is 1. The minimum Gasteiger partial charge on any atom is -0.492 e. The number of likely N-dealkylation sites (tertiary alicyclic amines) is 1. The largest absolute Gasteiger partial charge is 0.492 e. The molecular weight excluding hydrogens is 394 g/mol. The molecule has 1 aromatic carbocycles. The zero-order valence-corrected chi connectivity index (χ0v) is 18.9. The quantitative estimate of drug-likeness (QED) is 0.693. The number of aromatic nitrogens is 1. The number of likely N-dealkylation sites (N-methyl/N-ethyl adjacent to an activating group) is 1. The van der Waals surface area contributed by atoms with Crippen LogP contribution in [-0.4, -0.2) is 65.3 Å². The Labute approximate surface area is 184 Å². The fourth-order valence-electron chi connectivity index (χ4n) is 3.66. The Morgan fingerprint density at radius 1 is 1.06 bits per heavy atom. The normalized spacial score (nSPS) is 14.9. The molecule has 31 heavy (non-hydrogen) atoms. The Bertz CT molecular complexity index is 864. The summed E-state index contributed by atoms with van der Waals surface area (Å²) >= 11 is 0. The molecule has 0 radical (unpaired) electrons. The predicted molar refractivity (Wildman–Crippen MR) is 119 cm³/mol. The molecule has 1 aliphatic rings. The van der Waals surface area contributed by atoms with Crippen molar-refractivity contribution in [1.82, 2.24) is 14.4 Å². The predicted octanol–water partition coefficient (Wildman–Crippen LogP) is 4.21. The first-order valence-electron chi connectivity index (χ1n) is 10.8. The molecule has 1 fully saturated rings. The standard InChI is InChI=1S/C24H33N3O4/c1-24(2,3)31-23(29)26-15-12-19(13-16-26)27-14-8-11-21(27)22(28)25(4)17-18-30-20-9-6-5-7-10-20/h5-11,14,19H,12-13,15-18H2,1-4H3. The number of nitrogens with zero attached hydrogens (tertiary/aromatic N) is 3. The van der Waals surface area contributed by atoms with Gasteiger partial charge in [0.15, 0.2) is 0 Å². The molecule has 0 atom stereocenters. The van der Waals surface area contributed by atoms with Gasteiger partial charge in [0.05, 0.1) is 6.54 Å². The fourth-order valence-corrected chi connectivity index (χ4v) is 3.66. The number of hydrogen-bond acceptors (Lipinski definition) is 4. The Morgan fingerprint density at radius 3 is 2.39 bits per heavy atom. The number of ether oxygens (including phenoxy) is 2. The smallest absolute Gasteiger partial charge is 0.410 e. The lowest BCUT2D eigenvalue weighted by Gasteiger charge is -2.34. The van der Waals surface area contributed by atoms with Crippen molar-refractivity contribution in [3.63, 3.8) is 0 Å². The van der Waals surface area contributed by atoms with E-state index in [1.54, 1.807) is 16.8 Å². The summed E-state index contributed by atoms with van der Waals surface area (Å²) in [7, 11) is 1.79. The molecule has 1 saturated heterocycles. The molecule has 2 heterocycles. The molecule has 7 nitrogen and oxygen atoms in total. The van der Waals surface area contributed by atoms with Crippen molar-refractivity contribution in [3.8, 4) is 5.75 Å². The van der Waals surface area contributed by atoms with Gasteiger partial charge < -0.3 is 23.8 Å². The molecule has 168 valence electrons. The highest BCUT2D eigenvalue weighted by Crippen LogP contribution is 2.26. The van der Waals surface area contributed by atoms with E-state index < -0.39 is 5.60 Å². The van der Waals surface area contributed by atoms with Crippen molar-refractivity contribution in [3.05, 3.63) is 54.4 Å². The second kappa shape index (κ2) is 9.90. The molecule has 2 amide bonds. The topological polar surface area (TPSA) is 64.0 Å². The maximum Gasteiger partial charge on any atom is 0.410 e. The van der Waals surface area contributed by atoms with Gasteiger partial charge in [-0.1, -0.05) is 18.2 Å². The molecule has 3 rings (SSSR count). The lowest BCUT2D eigenvalue weighted by atomic mass is 10.0. The molecule has 1 aliphatic heterocycles. The minimum atomic E-state index is -0.497. The van der Waals surface area contributed by atoms with Gasteiger partial charge in [-0.15, -0.1) is 0 Å². The Kier molecular flexibility index (Phi) is 7.25. The van der Waals surface area contributed by atoms with Crippen LogP contribution in [0.4, 0.5) is 4.79 Å². The number of hydrogen-bond donors (Lipinski definition) is 0. The summed E-state index contributed by atoms with van der Waals surface area (Å²) in [6, 6.07) is 13.5. The minimum absolute atomic E-state index is 0.0313. The molecule has 1 aromatic heterocycles. The van der Waals surface area contributed by atoms with E-state index in [9.17, 15) is 9.59 Å². The van der Waals surface area contributed by atoms with Crippen molar-refractivity contribution in [2.24, 2.45) is 0 Å². The summed E-state index contributed by atoms with van der Waals surface area (Å²) in [4.78, 5) is 28.7. The lowest BCUT2D eigenvalue weighted by Crippen LogP contribution is -2.42. The summed E-state index contributed by atoms with van der Waals surface area (Å²) in [5, 5.41) is 0. The molecule has 0 aliphatic carbocycles. The van der Waals surface area contributed by atoms with E-state index in [0.29, 0.717) is 31.9 Å². The van der Waals surface area contributed by atoms with E-state index in [1.807, 2.05) is 74.0 Å². The highest BCUT2D eigenvalue weighted by Gasteiger charge is 2.29. The van der Waals surface area contributed by atoms with Crippen molar-refractivity contribution in [2.45, 2.75) is 45.3 Å². The molecule has 0 saturated carbocycles. The van der Waals surface area contributed by atoms with Crippen LogP contribution in [0, 0.1) is 0 Å². The van der Waals surface area contributed by atoms with E-state index in [0.717, 1.165) is 18.6 Å². The van der Waals surface area contributed by atoms with Crippen LogP contribution in [0.25, 0.3) is 0 Å². The highest BCUT2D eigenvalue weighted by molar-refractivity contribution is 5.92. The van der Waals surface area contributed by atoms with E-state index in [4.69, 9.17) is 9.47 Å². The number of rotatable bonds is 6. The second-order valence-electron chi connectivity index (χ2n) is 8.89. The van der Waals surface area contributed by atoms with E-state index in [1.165, 1.54) is 0 Å². The zero-order chi connectivity index (χ0) is 22.4. The van der Waals surface area contributed by atoms with Crippen molar-refractivity contribution in [2.75, 3.05) is 33.3 Å². The van der Waals surface area contributed by atoms with Crippen LogP contribution in [0.2, 0.25) is 0 Å². The third kappa shape index (κ3) is 6.26. The van der Waals surface area contributed by atoms with Gasteiger partial charge in [-0.25, -0.2) is 4.79 Å².